The number of sulfonamides is 1. The molecule has 0 aromatic carbocycles. The van der Waals surface area contributed by atoms with E-state index < -0.39 is 10.0 Å². The van der Waals surface area contributed by atoms with Gasteiger partial charge in [-0.3, -0.25) is 4.90 Å². The highest BCUT2D eigenvalue weighted by atomic mass is 32.2. The molecule has 6 nitrogen and oxygen atoms in total. The Morgan fingerprint density at radius 2 is 2.37 bits per heavy atom. The van der Waals surface area contributed by atoms with Crippen LogP contribution in [0.2, 0.25) is 0 Å². The number of nitrogens with zero attached hydrogens (tertiary/aromatic N) is 2. The van der Waals surface area contributed by atoms with Gasteiger partial charge in [-0.1, -0.05) is 5.16 Å². The maximum absolute atomic E-state index is 11.4. The van der Waals surface area contributed by atoms with E-state index >= 15 is 0 Å². The topological polar surface area (TPSA) is 75.4 Å². The minimum atomic E-state index is -3.10. The van der Waals surface area contributed by atoms with Crippen LogP contribution in [0.25, 0.3) is 0 Å². The maximum atomic E-state index is 11.4. The van der Waals surface area contributed by atoms with Crippen LogP contribution in [0.3, 0.4) is 0 Å². The predicted octanol–water partition coefficient (Wildman–Crippen LogP) is 1.06. The fraction of sp³-hybridized carbons (Fsp3) is 0.750. The Hall–Kier alpha value is -0.920. The highest BCUT2D eigenvalue weighted by Gasteiger charge is 2.28. The summed E-state index contributed by atoms with van der Waals surface area (Å²) in [5.41, 5.74) is 0.964. The zero-order valence-electron chi connectivity index (χ0n) is 11.4. The Kier molecular flexibility index (Phi) is 4.59. The van der Waals surface area contributed by atoms with Crippen LogP contribution in [-0.2, 0) is 10.0 Å². The van der Waals surface area contributed by atoms with Crippen molar-refractivity contribution in [1.82, 2.24) is 14.8 Å². The maximum Gasteiger partial charge on any atom is 0.211 e. The van der Waals surface area contributed by atoms with Crippen molar-refractivity contribution in [2.45, 2.75) is 32.2 Å². The summed E-state index contributed by atoms with van der Waals surface area (Å²) < 4.78 is 30.2. The molecule has 1 fully saturated rings. The van der Waals surface area contributed by atoms with Gasteiger partial charge in [-0.05, 0) is 46.3 Å². The predicted molar refractivity (Wildman–Crippen MR) is 72.3 cm³/mol. The first-order valence-electron chi connectivity index (χ1n) is 6.60. The van der Waals surface area contributed by atoms with Gasteiger partial charge >= 0.3 is 0 Å². The van der Waals surface area contributed by atoms with Gasteiger partial charge in [0.05, 0.1) is 11.8 Å². The average molecular weight is 287 g/mol. The summed E-state index contributed by atoms with van der Waals surface area (Å²) in [4.78, 5) is 2.29. The second-order valence-corrected chi connectivity index (χ2v) is 6.98. The van der Waals surface area contributed by atoms with Gasteiger partial charge in [0, 0.05) is 6.07 Å². The molecule has 0 unspecified atom stereocenters. The standard InChI is InChI=1S/C12H21N3O3S/c1-10-9-11(14-18-10)12-5-3-6-15(12)7-4-8-19(16,17)13-2/h9,12-13H,3-8H2,1-2H3/t12-/m1/s1. The first-order valence-corrected chi connectivity index (χ1v) is 8.25. The Morgan fingerprint density at radius 1 is 1.58 bits per heavy atom. The molecule has 0 amide bonds. The van der Waals surface area contributed by atoms with Crippen molar-refractivity contribution in [2.24, 2.45) is 0 Å². The van der Waals surface area contributed by atoms with E-state index in [1.165, 1.54) is 7.05 Å². The van der Waals surface area contributed by atoms with Gasteiger partial charge in [-0.2, -0.15) is 0 Å². The molecule has 0 aliphatic carbocycles. The number of hydrogen-bond acceptors (Lipinski definition) is 5. The summed E-state index contributed by atoms with van der Waals surface area (Å²) in [5, 5.41) is 4.07. The van der Waals surface area contributed by atoms with Crippen molar-refractivity contribution in [1.29, 1.82) is 0 Å². The number of aromatic nitrogens is 1. The van der Waals surface area contributed by atoms with Gasteiger partial charge in [-0.25, -0.2) is 13.1 Å². The van der Waals surface area contributed by atoms with E-state index in [2.05, 4.69) is 14.8 Å². The van der Waals surface area contributed by atoms with E-state index in [0.717, 1.165) is 37.4 Å². The van der Waals surface area contributed by atoms with Crippen LogP contribution in [0, 0.1) is 6.92 Å². The molecule has 19 heavy (non-hydrogen) atoms. The number of likely N-dealkylation sites (tertiary alicyclic amines) is 1. The molecule has 2 rings (SSSR count). The lowest BCUT2D eigenvalue weighted by atomic mass is 10.1. The van der Waals surface area contributed by atoms with E-state index in [0.29, 0.717) is 6.42 Å². The van der Waals surface area contributed by atoms with E-state index in [4.69, 9.17) is 4.52 Å². The Balaban J connectivity index is 1.89. The number of nitrogens with one attached hydrogen (secondary N) is 1. The smallest absolute Gasteiger partial charge is 0.211 e. The first kappa shape index (κ1) is 14.5. The molecule has 108 valence electrons. The lowest BCUT2D eigenvalue weighted by Gasteiger charge is -2.22. The lowest BCUT2D eigenvalue weighted by molar-refractivity contribution is 0.245. The molecular weight excluding hydrogens is 266 g/mol. The molecule has 1 saturated heterocycles. The summed E-state index contributed by atoms with van der Waals surface area (Å²) in [6, 6.07) is 2.24. The molecule has 0 spiro atoms. The molecule has 1 aliphatic rings. The highest BCUT2D eigenvalue weighted by Crippen LogP contribution is 2.31. The Labute approximate surface area is 114 Å². The molecule has 1 aliphatic heterocycles. The zero-order valence-corrected chi connectivity index (χ0v) is 12.2. The summed E-state index contributed by atoms with van der Waals surface area (Å²) in [7, 11) is -1.65. The van der Waals surface area contributed by atoms with Crippen molar-refractivity contribution in [3.63, 3.8) is 0 Å². The number of aryl methyl sites for hydroxylation is 1. The van der Waals surface area contributed by atoms with E-state index in [1.54, 1.807) is 0 Å². The largest absolute Gasteiger partial charge is 0.361 e. The van der Waals surface area contributed by atoms with Crippen molar-refractivity contribution < 1.29 is 12.9 Å². The number of rotatable bonds is 6. The number of hydrogen-bond donors (Lipinski definition) is 1. The normalized spacial score (nSPS) is 21.1. The highest BCUT2D eigenvalue weighted by molar-refractivity contribution is 7.89. The third-order valence-corrected chi connectivity index (χ3v) is 4.97. The summed E-state index contributed by atoms with van der Waals surface area (Å²) in [6.07, 6.45) is 2.82. The van der Waals surface area contributed by atoms with Crippen LogP contribution in [0.5, 0.6) is 0 Å². The molecule has 0 radical (unpaired) electrons. The van der Waals surface area contributed by atoms with Gasteiger partial charge in [0.2, 0.25) is 10.0 Å². The average Bonchev–Trinajstić information content (AvgIpc) is 2.97. The van der Waals surface area contributed by atoms with Crippen molar-refractivity contribution >= 4 is 10.0 Å². The van der Waals surface area contributed by atoms with Crippen molar-refractivity contribution in [3.8, 4) is 0 Å². The van der Waals surface area contributed by atoms with Gasteiger partial charge in [0.25, 0.3) is 0 Å². The van der Waals surface area contributed by atoms with Gasteiger partial charge in [0.15, 0.2) is 0 Å². The second kappa shape index (κ2) is 6.02. The monoisotopic (exact) mass is 287 g/mol. The minimum absolute atomic E-state index is 0.171. The van der Waals surface area contributed by atoms with Crippen LogP contribution < -0.4 is 4.72 Å². The molecule has 0 bridgehead atoms. The molecule has 1 aromatic heterocycles. The first-order chi connectivity index (χ1) is 9.02. The molecule has 7 heteroatoms. The van der Waals surface area contributed by atoms with Crippen molar-refractivity contribution in [3.05, 3.63) is 17.5 Å². The molecule has 2 heterocycles. The van der Waals surface area contributed by atoms with Crippen LogP contribution in [0.15, 0.2) is 10.6 Å². The third kappa shape index (κ3) is 3.77. The zero-order chi connectivity index (χ0) is 13.9. The molecule has 0 saturated carbocycles. The Morgan fingerprint density at radius 3 is 3.00 bits per heavy atom. The van der Waals surface area contributed by atoms with E-state index in [9.17, 15) is 8.42 Å². The third-order valence-electron chi connectivity index (χ3n) is 3.52. The van der Waals surface area contributed by atoms with Gasteiger partial charge < -0.3 is 4.52 Å². The van der Waals surface area contributed by atoms with E-state index in [-0.39, 0.29) is 11.8 Å². The SMILES string of the molecule is CNS(=O)(=O)CCCN1CCC[C@@H]1c1cc(C)on1. The minimum Gasteiger partial charge on any atom is -0.361 e. The van der Waals surface area contributed by atoms with Crippen LogP contribution in [0.1, 0.15) is 36.8 Å². The summed E-state index contributed by atoms with van der Waals surface area (Å²) in [6.45, 7) is 3.66. The summed E-state index contributed by atoms with van der Waals surface area (Å²) >= 11 is 0. The van der Waals surface area contributed by atoms with Crippen LogP contribution in [-0.4, -0.2) is 44.4 Å². The van der Waals surface area contributed by atoms with Crippen LogP contribution in [0.4, 0.5) is 0 Å². The van der Waals surface area contributed by atoms with Gasteiger partial charge in [0.1, 0.15) is 11.5 Å². The Bertz CT molecular complexity index is 512. The molecular formula is C12H21N3O3S. The van der Waals surface area contributed by atoms with Crippen molar-refractivity contribution in [2.75, 3.05) is 25.9 Å². The summed E-state index contributed by atoms with van der Waals surface area (Å²) in [5.74, 6) is 0.990. The van der Waals surface area contributed by atoms with Crippen LogP contribution >= 0.6 is 0 Å². The van der Waals surface area contributed by atoms with E-state index in [1.807, 2.05) is 13.0 Å². The second-order valence-electron chi connectivity index (χ2n) is 4.93. The quantitative estimate of drug-likeness (QED) is 0.846. The lowest BCUT2D eigenvalue weighted by Crippen LogP contribution is -2.28. The molecule has 1 N–H and O–H groups in total. The fourth-order valence-corrected chi connectivity index (χ4v) is 3.24. The molecule has 1 aromatic rings. The fourth-order valence-electron chi connectivity index (χ4n) is 2.53. The van der Waals surface area contributed by atoms with Gasteiger partial charge in [-0.15, -0.1) is 0 Å². The molecule has 1 atom stereocenters.